The Morgan fingerprint density at radius 1 is 1.59 bits per heavy atom. The minimum atomic E-state index is -0.570. The zero-order valence-electron chi connectivity index (χ0n) is 9.01. The lowest BCUT2D eigenvalue weighted by Gasteiger charge is -2.18. The molecule has 0 aliphatic rings. The van der Waals surface area contributed by atoms with Crippen LogP contribution in [0.25, 0.3) is 0 Å². The second kappa shape index (κ2) is 4.79. The third kappa shape index (κ3) is 2.70. The predicted molar refractivity (Wildman–Crippen MR) is 56.7 cm³/mol. The third-order valence-electron chi connectivity index (χ3n) is 2.11. The van der Waals surface area contributed by atoms with Crippen molar-refractivity contribution in [2.45, 2.75) is 6.54 Å². The first-order valence-corrected chi connectivity index (χ1v) is 4.79. The number of anilines is 1. The molecule has 0 radical (unpaired) electrons. The fourth-order valence-electron chi connectivity index (χ4n) is 1.31. The first-order valence-electron chi connectivity index (χ1n) is 4.79. The highest BCUT2D eigenvalue weighted by atomic mass is 19.1. The van der Waals surface area contributed by atoms with Crippen LogP contribution in [0.5, 0.6) is 0 Å². The Labute approximate surface area is 95.6 Å². The molecular formula is C10H10FN3O3. The molecule has 1 N–H and O–H groups in total. The molecule has 2 heterocycles. The minimum absolute atomic E-state index is 0.305. The number of oxazole rings is 1. The lowest BCUT2D eigenvalue weighted by Crippen LogP contribution is -2.22. The van der Waals surface area contributed by atoms with Crippen LogP contribution < -0.4 is 10.8 Å². The number of aromatic nitrogens is 2. The van der Waals surface area contributed by atoms with E-state index in [0.717, 1.165) is 5.56 Å². The predicted octanol–water partition coefficient (Wildman–Crippen LogP) is 1.07. The van der Waals surface area contributed by atoms with Crippen LogP contribution in [0, 0.1) is 5.95 Å². The van der Waals surface area contributed by atoms with E-state index in [0.29, 0.717) is 12.4 Å². The summed E-state index contributed by atoms with van der Waals surface area (Å²) in [5, 5.41) is 1.39. The second-order valence-electron chi connectivity index (χ2n) is 3.24. The molecule has 0 aliphatic heterocycles. The Kier molecular flexibility index (Phi) is 3.20. The van der Waals surface area contributed by atoms with Crippen molar-refractivity contribution >= 4 is 5.82 Å². The molecule has 0 atom stereocenters. The molecule has 2 aromatic rings. The maximum atomic E-state index is 12.6. The normalized spacial score (nSPS) is 10.5. The van der Waals surface area contributed by atoms with E-state index in [4.69, 9.17) is 4.84 Å². The van der Waals surface area contributed by atoms with Crippen LogP contribution in [0.15, 0.2) is 33.8 Å². The first kappa shape index (κ1) is 11.3. The number of H-pyrrole nitrogens is 1. The van der Waals surface area contributed by atoms with Crippen molar-refractivity contribution in [3.05, 3.63) is 46.7 Å². The lowest BCUT2D eigenvalue weighted by atomic mass is 10.3. The summed E-state index contributed by atoms with van der Waals surface area (Å²) in [5.74, 6) is -0.740. The molecule has 17 heavy (non-hydrogen) atoms. The molecule has 0 aromatic carbocycles. The molecule has 0 saturated heterocycles. The summed E-state index contributed by atoms with van der Waals surface area (Å²) in [7, 11) is 1.45. The number of rotatable bonds is 4. The molecule has 2 aromatic heterocycles. The van der Waals surface area contributed by atoms with Gasteiger partial charge in [-0.25, -0.2) is 14.8 Å². The molecule has 0 saturated carbocycles. The fraction of sp³-hybridized carbons (Fsp3) is 0.200. The highest BCUT2D eigenvalue weighted by Crippen LogP contribution is 2.12. The second-order valence-corrected chi connectivity index (χ2v) is 3.24. The topological polar surface area (TPSA) is 71.4 Å². The standard InChI is InChI=1S/C10H10FN3O3/c1-16-14(9-6-17-10(15)13-9)5-7-2-3-8(11)12-4-7/h2-4,6H,5H2,1H3,(H,13,15). The van der Waals surface area contributed by atoms with E-state index in [1.54, 1.807) is 6.07 Å². The van der Waals surface area contributed by atoms with Gasteiger partial charge in [-0.05, 0) is 11.6 Å². The maximum Gasteiger partial charge on any atom is 0.417 e. The van der Waals surface area contributed by atoms with E-state index in [-0.39, 0.29) is 0 Å². The maximum absolute atomic E-state index is 12.6. The van der Waals surface area contributed by atoms with Gasteiger partial charge in [0.2, 0.25) is 5.95 Å². The molecule has 0 bridgehead atoms. The molecule has 90 valence electrons. The zero-order chi connectivity index (χ0) is 12.3. The van der Waals surface area contributed by atoms with Crippen molar-refractivity contribution < 1.29 is 13.6 Å². The Morgan fingerprint density at radius 2 is 2.41 bits per heavy atom. The summed E-state index contributed by atoms with van der Waals surface area (Å²) in [4.78, 5) is 21.9. The van der Waals surface area contributed by atoms with E-state index in [1.807, 2.05) is 0 Å². The largest absolute Gasteiger partial charge is 0.417 e. The van der Waals surface area contributed by atoms with Crippen LogP contribution in [-0.4, -0.2) is 17.1 Å². The first-order chi connectivity index (χ1) is 8.19. The van der Waals surface area contributed by atoms with Gasteiger partial charge in [-0.3, -0.25) is 9.82 Å². The number of hydrogen-bond donors (Lipinski definition) is 1. The van der Waals surface area contributed by atoms with Gasteiger partial charge in [0.15, 0.2) is 5.82 Å². The summed E-state index contributed by atoms with van der Waals surface area (Å²) in [6, 6.07) is 2.83. The van der Waals surface area contributed by atoms with Crippen molar-refractivity contribution in [2.75, 3.05) is 12.2 Å². The van der Waals surface area contributed by atoms with Gasteiger partial charge in [-0.1, -0.05) is 6.07 Å². The minimum Gasteiger partial charge on any atom is -0.414 e. The number of halogens is 1. The molecule has 0 spiro atoms. The summed E-state index contributed by atoms with van der Waals surface area (Å²) < 4.78 is 17.2. The number of hydroxylamine groups is 1. The molecule has 0 aliphatic carbocycles. The van der Waals surface area contributed by atoms with Crippen molar-refractivity contribution in [3.8, 4) is 0 Å². The smallest absolute Gasteiger partial charge is 0.414 e. The molecule has 0 amide bonds. The highest BCUT2D eigenvalue weighted by Gasteiger charge is 2.10. The summed E-state index contributed by atoms with van der Waals surface area (Å²) in [6.07, 6.45) is 2.63. The summed E-state index contributed by atoms with van der Waals surface area (Å²) in [6.45, 7) is 0.305. The van der Waals surface area contributed by atoms with E-state index < -0.39 is 11.7 Å². The molecule has 0 unspecified atom stereocenters. The Hall–Kier alpha value is -2.15. The van der Waals surface area contributed by atoms with Crippen LogP contribution in [0.2, 0.25) is 0 Å². The number of nitrogens with zero attached hydrogens (tertiary/aromatic N) is 2. The van der Waals surface area contributed by atoms with Crippen LogP contribution in [0.3, 0.4) is 0 Å². The molecule has 6 nitrogen and oxygen atoms in total. The average molecular weight is 239 g/mol. The number of hydrogen-bond acceptors (Lipinski definition) is 5. The van der Waals surface area contributed by atoms with Crippen molar-refractivity contribution in [1.29, 1.82) is 0 Å². The Morgan fingerprint density at radius 3 is 2.94 bits per heavy atom. The van der Waals surface area contributed by atoms with Gasteiger partial charge in [0.1, 0.15) is 6.26 Å². The molecule has 2 rings (SSSR count). The number of nitrogens with one attached hydrogen (secondary N) is 1. The van der Waals surface area contributed by atoms with Crippen molar-refractivity contribution in [2.24, 2.45) is 0 Å². The number of aromatic amines is 1. The summed E-state index contributed by atoms with van der Waals surface area (Å²) in [5.41, 5.74) is 0.732. The van der Waals surface area contributed by atoms with E-state index >= 15 is 0 Å². The van der Waals surface area contributed by atoms with Crippen LogP contribution in [-0.2, 0) is 11.4 Å². The van der Waals surface area contributed by atoms with Gasteiger partial charge in [0, 0.05) is 6.20 Å². The highest BCUT2D eigenvalue weighted by molar-refractivity contribution is 5.31. The van der Waals surface area contributed by atoms with Gasteiger partial charge in [0.05, 0.1) is 13.7 Å². The molecular weight excluding hydrogens is 229 g/mol. The Balaban J connectivity index is 2.15. The fourth-order valence-corrected chi connectivity index (χ4v) is 1.31. The van der Waals surface area contributed by atoms with Gasteiger partial charge < -0.3 is 4.42 Å². The van der Waals surface area contributed by atoms with Gasteiger partial charge in [-0.15, -0.1) is 0 Å². The zero-order valence-corrected chi connectivity index (χ0v) is 9.01. The molecule has 0 fully saturated rings. The molecule has 7 heteroatoms. The van der Waals surface area contributed by atoms with Gasteiger partial charge in [0.25, 0.3) is 0 Å². The van der Waals surface area contributed by atoms with Crippen LogP contribution in [0.4, 0.5) is 10.2 Å². The van der Waals surface area contributed by atoms with E-state index in [9.17, 15) is 9.18 Å². The van der Waals surface area contributed by atoms with Crippen molar-refractivity contribution in [3.63, 3.8) is 0 Å². The summed E-state index contributed by atoms with van der Waals surface area (Å²) >= 11 is 0. The van der Waals surface area contributed by atoms with Crippen LogP contribution >= 0.6 is 0 Å². The Bertz CT molecular complexity index is 534. The number of pyridine rings is 1. The monoisotopic (exact) mass is 239 g/mol. The average Bonchev–Trinajstić information content (AvgIpc) is 2.75. The lowest BCUT2D eigenvalue weighted by molar-refractivity contribution is 0.160. The van der Waals surface area contributed by atoms with Gasteiger partial charge >= 0.3 is 5.76 Å². The third-order valence-corrected chi connectivity index (χ3v) is 2.11. The van der Waals surface area contributed by atoms with Crippen LogP contribution in [0.1, 0.15) is 5.56 Å². The quantitative estimate of drug-likeness (QED) is 0.638. The van der Waals surface area contributed by atoms with Crippen molar-refractivity contribution in [1.82, 2.24) is 9.97 Å². The van der Waals surface area contributed by atoms with E-state index in [1.165, 1.54) is 30.7 Å². The van der Waals surface area contributed by atoms with Gasteiger partial charge in [-0.2, -0.15) is 4.39 Å². The SMILES string of the molecule is CON(Cc1ccc(F)nc1)c1coc(=O)[nH]1. The van der Waals surface area contributed by atoms with E-state index in [2.05, 4.69) is 14.4 Å².